The zero-order valence-corrected chi connectivity index (χ0v) is 20.6. The lowest BCUT2D eigenvalue weighted by Gasteiger charge is -2.19. The molecule has 2 heterocycles. The highest BCUT2D eigenvalue weighted by Crippen LogP contribution is 2.29. The van der Waals surface area contributed by atoms with E-state index in [2.05, 4.69) is 15.6 Å². The summed E-state index contributed by atoms with van der Waals surface area (Å²) < 4.78 is 39.6. The molecule has 9 nitrogen and oxygen atoms in total. The van der Waals surface area contributed by atoms with E-state index in [1.165, 1.54) is 7.11 Å². The van der Waals surface area contributed by atoms with Crippen molar-refractivity contribution >= 4 is 23.2 Å². The zero-order valence-electron chi connectivity index (χ0n) is 19.8. The summed E-state index contributed by atoms with van der Waals surface area (Å²) in [6.07, 6.45) is 1.47. The molecular formula is C25H25F2N3O6S. The number of aromatic nitrogens is 1. The van der Waals surface area contributed by atoms with Crippen molar-refractivity contribution in [3.05, 3.63) is 73.7 Å². The van der Waals surface area contributed by atoms with Crippen molar-refractivity contribution < 1.29 is 33.0 Å². The van der Waals surface area contributed by atoms with E-state index in [-0.39, 0.29) is 41.0 Å². The van der Waals surface area contributed by atoms with Crippen LogP contribution in [-0.4, -0.2) is 47.7 Å². The number of halogens is 2. The van der Waals surface area contributed by atoms with Gasteiger partial charge in [-0.25, -0.2) is 13.6 Å². The molecule has 4 rings (SSSR count). The maximum Gasteiger partial charge on any atom is 0.328 e. The summed E-state index contributed by atoms with van der Waals surface area (Å²) in [6, 6.07) is 7.30. The molecule has 196 valence electrons. The van der Waals surface area contributed by atoms with Crippen LogP contribution in [0.15, 0.2) is 41.2 Å². The minimum absolute atomic E-state index is 0.0817. The van der Waals surface area contributed by atoms with Gasteiger partial charge in [0.15, 0.2) is 0 Å². The van der Waals surface area contributed by atoms with E-state index in [9.17, 15) is 28.3 Å². The van der Waals surface area contributed by atoms with E-state index < -0.39 is 34.4 Å². The third-order valence-corrected chi connectivity index (χ3v) is 6.80. The molecule has 2 unspecified atom stereocenters. The number of H-pyrrole nitrogens is 1. The average molecular weight is 534 g/mol. The van der Waals surface area contributed by atoms with Gasteiger partial charge >= 0.3 is 10.8 Å². The second kappa shape index (κ2) is 11.5. The van der Waals surface area contributed by atoms with Crippen molar-refractivity contribution in [2.24, 2.45) is 0 Å². The fourth-order valence-corrected chi connectivity index (χ4v) is 4.76. The second-order valence-corrected chi connectivity index (χ2v) is 9.58. The number of hydrogen-bond donors (Lipinski definition) is 4. The Morgan fingerprint density at radius 1 is 1.19 bits per heavy atom. The van der Waals surface area contributed by atoms with E-state index in [4.69, 9.17) is 9.47 Å². The molecule has 3 aromatic rings. The van der Waals surface area contributed by atoms with Gasteiger partial charge in [0.2, 0.25) is 11.8 Å². The van der Waals surface area contributed by atoms with Crippen LogP contribution in [-0.2, 0) is 27.2 Å². The lowest BCUT2D eigenvalue weighted by Crippen LogP contribution is -2.49. The van der Waals surface area contributed by atoms with Gasteiger partial charge in [0.05, 0.1) is 18.0 Å². The van der Waals surface area contributed by atoms with Gasteiger partial charge in [0.1, 0.15) is 29.2 Å². The van der Waals surface area contributed by atoms with Gasteiger partial charge in [-0.3, -0.25) is 14.6 Å². The quantitative estimate of drug-likeness (QED) is 0.311. The monoisotopic (exact) mass is 533 g/mol. The van der Waals surface area contributed by atoms with Gasteiger partial charge in [-0.1, -0.05) is 23.5 Å². The lowest BCUT2D eigenvalue weighted by atomic mass is 10.0. The number of ether oxygens (including phenoxy) is 2. The summed E-state index contributed by atoms with van der Waals surface area (Å²) in [6.45, 7) is 0.748. The molecule has 12 heteroatoms. The number of amides is 1. The molecule has 37 heavy (non-hydrogen) atoms. The largest absolute Gasteiger partial charge is 0.494 e. The molecule has 1 aliphatic heterocycles. The van der Waals surface area contributed by atoms with E-state index in [1.54, 1.807) is 24.3 Å². The van der Waals surface area contributed by atoms with E-state index in [1.807, 2.05) is 0 Å². The maximum atomic E-state index is 14.6. The van der Waals surface area contributed by atoms with Gasteiger partial charge in [-0.15, -0.1) is 0 Å². The lowest BCUT2D eigenvalue weighted by molar-refractivity contribution is -0.145. The normalized spacial score (nSPS) is 15.8. The summed E-state index contributed by atoms with van der Waals surface area (Å²) in [5.74, 6) is -2.81. The smallest absolute Gasteiger partial charge is 0.328 e. The summed E-state index contributed by atoms with van der Waals surface area (Å²) in [4.78, 5) is 37.7. The van der Waals surface area contributed by atoms with E-state index >= 15 is 0 Å². The first kappa shape index (κ1) is 26.3. The van der Waals surface area contributed by atoms with Gasteiger partial charge < -0.3 is 25.2 Å². The fraction of sp³-hybridized carbons (Fsp3) is 0.320. The molecule has 4 N–H and O–H groups in total. The van der Waals surface area contributed by atoms with Crippen LogP contribution in [0.1, 0.15) is 28.8 Å². The first-order valence-electron chi connectivity index (χ1n) is 11.5. The zero-order chi connectivity index (χ0) is 26.5. The second-order valence-electron chi connectivity index (χ2n) is 8.51. The number of rotatable bonds is 9. The molecule has 0 radical (unpaired) electrons. The Balaban J connectivity index is 1.42. The molecule has 0 aliphatic carbocycles. The Kier molecular flexibility index (Phi) is 8.19. The maximum absolute atomic E-state index is 14.6. The number of carbonyl (C=O) groups is 2. The van der Waals surface area contributed by atoms with Crippen LogP contribution >= 0.6 is 11.3 Å². The number of aromatic hydroxyl groups is 1. The molecular weight excluding hydrogens is 508 g/mol. The van der Waals surface area contributed by atoms with Gasteiger partial charge in [0, 0.05) is 30.5 Å². The number of carbonyl (C=O) groups excluding carboxylic acids is 2. The number of methoxy groups -OCH3 is 1. The van der Waals surface area contributed by atoms with E-state index in [0.29, 0.717) is 29.1 Å². The molecule has 2 aromatic carbocycles. The Morgan fingerprint density at radius 3 is 2.46 bits per heavy atom. The Labute approximate surface area is 214 Å². The minimum atomic E-state index is -0.889. The van der Waals surface area contributed by atoms with Crippen LogP contribution in [0.4, 0.5) is 8.78 Å². The minimum Gasteiger partial charge on any atom is -0.494 e. The fourth-order valence-electron chi connectivity index (χ4n) is 4.02. The van der Waals surface area contributed by atoms with Crippen molar-refractivity contribution in [3.63, 3.8) is 0 Å². The number of nitrogens with one attached hydrogen (secondary N) is 3. The molecule has 2 atom stereocenters. The third kappa shape index (κ3) is 6.52. The highest BCUT2D eigenvalue weighted by molar-refractivity contribution is 7.09. The molecule has 0 spiro atoms. The van der Waals surface area contributed by atoms with Crippen LogP contribution in [0.2, 0.25) is 0 Å². The average Bonchev–Trinajstić information content (AvgIpc) is 3.51. The van der Waals surface area contributed by atoms with Gasteiger partial charge in [-0.2, -0.15) is 0 Å². The highest BCUT2D eigenvalue weighted by atomic mass is 32.1. The predicted octanol–water partition coefficient (Wildman–Crippen LogP) is 2.76. The van der Waals surface area contributed by atoms with Crippen molar-refractivity contribution in [1.82, 2.24) is 15.6 Å². The van der Waals surface area contributed by atoms with Crippen molar-refractivity contribution in [1.29, 1.82) is 0 Å². The number of hydrogen-bond acceptors (Lipinski definition) is 8. The van der Waals surface area contributed by atoms with Crippen LogP contribution in [0.3, 0.4) is 0 Å². The number of benzene rings is 2. The molecule has 0 saturated carbocycles. The highest BCUT2D eigenvalue weighted by Gasteiger charge is 2.28. The molecule has 1 amide bonds. The molecule has 1 saturated heterocycles. The number of aromatic amines is 1. The van der Waals surface area contributed by atoms with Crippen LogP contribution in [0, 0.1) is 11.6 Å². The van der Waals surface area contributed by atoms with Crippen molar-refractivity contribution in [3.8, 4) is 17.4 Å². The first-order valence-corrected chi connectivity index (χ1v) is 12.3. The molecule has 0 bridgehead atoms. The van der Waals surface area contributed by atoms with Crippen molar-refractivity contribution in [2.45, 2.75) is 37.8 Å². The number of thiazole rings is 1. The topological polar surface area (TPSA) is 130 Å². The van der Waals surface area contributed by atoms with E-state index in [0.717, 1.165) is 25.1 Å². The van der Waals surface area contributed by atoms with Crippen molar-refractivity contribution in [2.75, 3.05) is 13.7 Å². The predicted molar refractivity (Wildman–Crippen MR) is 131 cm³/mol. The number of esters is 1. The van der Waals surface area contributed by atoms with Crippen LogP contribution < -0.4 is 20.2 Å². The van der Waals surface area contributed by atoms with Crippen LogP contribution in [0.5, 0.6) is 17.4 Å². The Hall–Kier alpha value is -3.77. The molecule has 1 fully saturated rings. The molecule has 1 aliphatic rings. The third-order valence-electron chi connectivity index (χ3n) is 5.93. The summed E-state index contributed by atoms with van der Waals surface area (Å²) in [5.41, 5.74) is 0.400. The van der Waals surface area contributed by atoms with Crippen LogP contribution in [0.25, 0.3) is 0 Å². The summed E-state index contributed by atoms with van der Waals surface area (Å²) in [5, 5.41) is 15.5. The summed E-state index contributed by atoms with van der Waals surface area (Å²) in [7, 11) is 1.25. The molecule has 1 aromatic heterocycles. The standard InChI is InChI=1S/C25H25F2N3O6S/c1-35-24(33)20(29-22(31)19-3-2-8-28-19)9-13-4-6-14(7-5-13)36-15-10-17(26)16(18(27)11-15)12-21-23(32)30-25(34)37-21/h4-7,10-11,19-20,28,32H,2-3,8-9,12H2,1H3,(H,29,31)(H,30,34). The first-order chi connectivity index (χ1) is 17.7. The van der Waals surface area contributed by atoms with Gasteiger partial charge in [0.25, 0.3) is 0 Å². The summed E-state index contributed by atoms with van der Waals surface area (Å²) >= 11 is 0.670. The Bertz CT molecular complexity index is 1310. The van der Waals surface area contributed by atoms with Gasteiger partial charge in [-0.05, 0) is 37.1 Å². The Morgan fingerprint density at radius 2 is 1.89 bits per heavy atom. The SMILES string of the molecule is COC(=O)C(Cc1ccc(Oc2cc(F)c(Cc3sc(=O)[nH]c3O)c(F)c2)cc1)NC(=O)C1CCCN1.